The molecule has 6 nitrogen and oxygen atoms in total. The molecule has 4 aliphatic heterocycles. The highest BCUT2D eigenvalue weighted by molar-refractivity contribution is 5.66. The molecule has 0 radical (unpaired) electrons. The van der Waals surface area contributed by atoms with Crippen LogP contribution in [0.5, 0.6) is 17.5 Å². The third-order valence-electron chi connectivity index (χ3n) is 5.19. The van der Waals surface area contributed by atoms with Crippen LogP contribution in [0, 0.1) is 5.92 Å². The fraction of sp³-hybridized carbons (Fsp3) is 0.444. The van der Waals surface area contributed by atoms with Crippen LogP contribution < -0.4 is 14.2 Å². The molecule has 1 aromatic heterocycles. The van der Waals surface area contributed by atoms with Crippen LogP contribution in [-0.2, 0) is 0 Å². The van der Waals surface area contributed by atoms with Gasteiger partial charge in [0.2, 0.25) is 6.79 Å². The number of nitrogens with zero attached hydrogens (tertiary/aromatic N) is 3. The first kappa shape index (κ1) is 14.0. The van der Waals surface area contributed by atoms with Crippen LogP contribution in [0.25, 0.3) is 11.1 Å². The van der Waals surface area contributed by atoms with E-state index in [-0.39, 0.29) is 12.9 Å². The molecule has 1 atom stereocenters. The maximum Gasteiger partial charge on any atom is 0.316 e. The summed E-state index contributed by atoms with van der Waals surface area (Å²) in [6, 6.07) is 6.32. The lowest BCUT2D eigenvalue weighted by Crippen LogP contribution is -2.52. The van der Waals surface area contributed by atoms with E-state index in [1.165, 1.54) is 25.9 Å². The van der Waals surface area contributed by atoms with E-state index in [0.29, 0.717) is 11.9 Å². The smallest absolute Gasteiger partial charge is 0.316 e. The second kappa shape index (κ2) is 5.63. The first-order valence-electron chi connectivity index (χ1n) is 8.46. The summed E-state index contributed by atoms with van der Waals surface area (Å²) in [5.41, 5.74) is 1.95. The standard InChI is InChI=1S/C18H19N3O3/c1-2-15-16(23-11-22-15)7-13(1)14-8-19-18(20-9-14)24-17-10-21-5-3-12(17)4-6-21/h1-2,7-9,12,17H,3-6,10-11H2. The molecule has 124 valence electrons. The Hall–Kier alpha value is -2.34. The van der Waals surface area contributed by atoms with Crippen molar-refractivity contribution >= 4 is 0 Å². The zero-order chi connectivity index (χ0) is 15.9. The maximum absolute atomic E-state index is 6.05. The van der Waals surface area contributed by atoms with Crippen molar-refractivity contribution in [2.75, 3.05) is 26.4 Å². The number of benzene rings is 1. The SMILES string of the molecule is c1cc2c(cc1-c1cnc(OC3CN4CCC3CC4)nc1)OCO2. The molecule has 2 bridgehead atoms. The largest absolute Gasteiger partial charge is 0.458 e. The number of rotatable bonds is 3. The summed E-state index contributed by atoms with van der Waals surface area (Å²) in [5, 5.41) is 0. The molecule has 0 amide bonds. The minimum atomic E-state index is 0.226. The molecule has 0 N–H and O–H groups in total. The topological polar surface area (TPSA) is 56.7 Å². The van der Waals surface area contributed by atoms with E-state index in [9.17, 15) is 0 Å². The van der Waals surface area contributed by atoms with Crippen LogP contribution in [-0.4, -0.2) is 47.4 Å². The van der Waals surface area contributed by atoms with Gasteiger partial charge >= 0.3 is 6.01 Å². The number of ether oxygens (including phenoxy) is 3. The minimum Gasteiger partial charge on any atom is -0.458 e. The van der Waals surface area contributed by atoms with E-state index in [1.54, 1.807) is 12.4 Å². The molecule has 0 spiro atoms. The molecule has 6 rings (SSSR count). The van der Waals surface area contributed by atoms with Crippen molar-refractivity contribution in [3.63, 3.8) is 0 Å². The monoisotopic (exact) mass is 325 g/mol. The summed E-state index contributed by atoms with van der Waals surface area (Å²) < 4.78 is 16.8. The molecule has 2 aromatic rings. The zero-order valence-electron chi connectivity index (χ0n) is 13.4. The molecule has 6 heteroatoms. The first-order chi connectivity index (χ1) is 11.8. The molecule has 3 saturated heterocycles. The van der Waals surface area contributed by atoms with Gasteiger partial charge in [-0.1, -0.05) is 6.07 Å². The van der Waals surface area contributed by atoms with Crippen LogP contribution in [0.15, 0.2) is 30.6 Å². The van der Waals surface area contributed by atoms with Gasteiger partial charge in [0.25, 0.3) is 0 Å². The van der Waals surface area contributed by atoms with Crippen LogP contribution in [0.4, 0.5) is 0 Å². The van der Waals surface area contributed by atoms with E-state index in [2.05, 4.69) is 14.9 Å². The highest BCUT2D eigenvalue weighted by atomic mass is 16.7. The average Bonchev–Trinajstić information content (AvgIpc) is 3.11. The Bertz CT molecular complexity index is 742. The quantitative estimate of drug-likeness (QED) is 0.863. The van der Waals surface area contributed by atoms with Gasteiger partial charge in [-0.15, -0.1) is 0 Å². The number of aromatic nitrogens is 2. The molecule has 0 aliphatic carbocycles. The van der Waals surface area contributed by atoms with Gasteiger partial charge in [-0.2, -0.15) is 0 Å². The lowest BCUT2D eigenvalue weighted by molar-refractivity contribution is -0.0123. The third kappa shape index (κ3) is 2.47. The summed E-state index contributed by atoms with van der Waals surface area (Å²) in [6.07, 6.45) is 6.28. The maximum atomic E-state index is 6.05. The summed E-state index contributed by atoms with van der Waals surface area (Å²) in [6.45, 7) is 3.68. The van der Waals surface area contributed by atoms with E-state index in [4.69, 9.17) is 14.2 Å². The normalized spacial score (nSPS) is 27.2. The van der Waals surface area contributed by atoms with E-state index in [0.717, 1.165) is 29.2 Å². The predicted octanol–water partition coefficient (Wildman–Crippen LogP) is 2.35. The van der Waals surface area contributed by atoms with Gasteiger partial charge in [-0.25, -0.2) is 9.97 Å². The second-order valence-electron chi connectivity index (χ2n) is 6.62. The van der Waals surface area contributed by atoms with Crippen LogP contribution in [0.3, 0.4) is 0 Å². The molecule has 1 unspecified atom stereocenters. The third-order valence-corrected chi connectivity index (χ3v) is 5.19. The number of fused-ring (bicyclic) bond motifs is 4. The van der Waals surface area contributed by atoms with Crippen molar-refractivity contribution in [1.82, 2.24) is 14.9 Å². The Kier molecular flexibility index (Phi) is 3.29. The van der Waals surface area contributed by atoms with Gasteiger partial charge in [0.1, 0.15) is 6.10 Å². The Morgan fingerprint density at radius 1 is 1.00 bits per heavy atom. The second-order valence-corrected chi connectivity index (χ2v) is 6.62. The Balaban J connectivity index is 1.32. The predicted molar refractivity (Wildman–Crippen MR) is 87.2 cm³/mol. The van der Waals surface area contributed by atoms with Crippen molar-refractivity contribution < 1.29 is 14.2 Å². The number of piperidine rings is 3. The fourth-order valence-electron chi connectivity index (χ4n) is 3.78. The van der Waals surface area contributed by atoms with Crippen molar-refractivity contribution in [2.45, 2.75) is 18.9 Å². The summed E-state index contributed by atoms with van der Waals surface area (Å²) in [5.74, 6) is 2.19. The van der Waals surface area contributed by atoms with Gasteiger partial charge < -0.3 is 14.2 Å². The summed E-state index contributed by atoms with van der Waals surface area (Å²) >= 11 is 0. The molecular formula is C18H19N3O3. The highest BCUT2D eigenvalue weighted by Gasteiger charge is 2.35. The van der Waals surface area contributed by atoms with Crippen LogP contribution in [0.1, 0.15) is 12.8 Å². The van der Waals surface area contributed by atoms with Gasteiger partial charge in [-0.05, 0) is 49.5 Å². The Morgan fingerprint density at radius 2 is 1.79 bits per heavy atom. The van der Waals surface area contributed by atoms with Crippen LogP contribution in [0.2, 0.25) is 0 Å². The fourth-order valence-corrected chi connectivity index (χ4v) is 3.78. The Morgan fingerprint density at radius 3 is 2.54 bits per heavy atom. The number of hydrogen-bond donors (Lipinski definition) is 0. The zero-order valence-corrected chi connectivity index (χ0v) is 13.4. The lowest BCUT2D eigenvalue weighted by atomic mass is 9.86. The molecule has 5 heterocycles. The highest BCUT2D eigenvalue weighted by Crippen LogP contribution is 2.36. The van der Waals surface area contributed by atoms with Gasteiger partial charge in [-0.3, -0.25) is 4.90 Å². The summed E-state index contributed by atoms with van der Waals surface area (Å²) in [4.78, 5) is 11.3. The lowest BCUT2D eigenvalue weighted by Gasteiger charge is -2.43. The van der Waals surface area contributed by atoms with Crippen molar-refractivity contribution in [1.29, 1.82) is 0 Å². The molecule has 0 saturated carbocycles. The van der Waals surface area contributed by atoms with Gasteiger partial charge in [0.05, 0.1) is 0 Å². The van der Waals surface area contributed by atoms with Crippen molar-refractivity contribution in [2.24, 2.45) is 5.92 Å². The molecular weight excluding hydrogens is 306 g/mol. The first-order valence-corrected chi connectivity index (χ1v) is 8.46. The van der Waals surface area contributed by atoms with Gasteiger partial charge in [0, 0.05) is 24.5 Å². The molecule has 4 aliphatic rings. The van der Waals surface area contributed by atoms with E-state index in [1.807, 2.05) is 18.2 Å². The van der Waals surface area contributed by atoms with Crippen molar-refractivity contribution in [3.05, 3.63) is 30.6 Å². The van der Waals surface area contributed by atoms with E-state index >= 15 is 0 Å². The molecule has 1 aromatic carbocycles. The number of hydrogen-bond acceptors (Lipinski definition) is 6. The molecule has 24 heavy (non-hydrogen) atoms. The minimum absolute atomic E-state index is 0.226. The van der Waals surface area contributed by atoms with Crippen molar-refractivity contribution in [3.8, 4) is 28.6 Å². The van der Waals surface area contributed by atoms with E-state index < -0.39 is 0 Å². The molecule has 3 fully saturated rings. The van der Waals surface area contributed by atoms with Crippen LogP contribution >= 0.6 is 0 Å². The summed E-state index contributed by atoms with van der Waals surface area (Å²) in [7, 11) is 0. The van der Waals surface area contributed by atoms with Gasteiger partial charge in [0.15, 0.2) is 11.5 Å². The average molecular weight is 325 g/mol. The Labute approximate surface area is 140 Å².